The number of benzene rings is 1. The third-order valence-corrected chi connectivity index (χ3v) is 3.87. The van der Waals surface area contributed by atoms with Gasteiger partial charge in [0.1, 0.15) is 11.3 Å². The van der Waals surface area contributed by atoms with Crippen LogP contribution in [0.15, 0.2) is 23.8 Å². The van der Waals surface area contributed by atoms with E-state index in [4.69, 9.17) is 21.4 Å². The molecule has 0 aromatic heterocycles. The number of halogens is 4. The molecule has 0 spiro atoms. The fourth-order valence-electron chi connectivity index (χ4n) is 2.07. The number of fused-ring (bicyclic) bond motifs is 1. The van der Waals surface area contributed by atoms with E-state index in [2.05, 4.69) is 0 Å². The van der Waals surface area contributed by atoms with Gasteiger partial charge in [-0.1, -0.05) is 44.5 Å². The van der Waals surface area contributed by atoms with E-state index in [0.29, 0.717) is 0 Å². The van der Waals surface area contributed by atoms with Crippen LogP contribution in [0.5, 0.6) is 5.75 Å². The summed E-state index contributed by atoms with van der Waals surface area (Å²) >= 11 is 5.51. The summed E-state index contributed by atoms with van der Waals surface area (Å²) in [7, 11) is 0. The second kappa shape index (κ2) is 4.91. The zero-order chi connectivity index (χ0) is 16.9. The van der Waals surface area contributed by atoms with Gasteiger partial charge in [0.25, 0.3) is 0 Å². The first-order valence-corrected chi connectivity index (χ1v) is 6.79. The van der Waals surface area contributed by atoms with Crippen molar-refractivity contribution in [2.75, 3.05) is 0 Å². The van der Waals surface area contributed by atoms with Crippen molar-refractivity contribution in [2.24, 2.45) is 0 Å². The van der Waals surface area contributed by atoms with Gasteiger partial charge < -0.3 is 9.84 Å². The molecule has 1 aromatic rings. The molecule has 1 unspecified atom stereocenters. The number of carboxylic acid groups (broad SMARTS) is 1. The van der Waals surface area contributed by atoms with E-state index in [1.54, 1.807) is 6.07 Å². The highest BCUT2D eigenvalue weighted by molar-refractivity contribution is 6.29. The van der Waals surface area contributed by atoms with Crippen LogP contribution in [0, 0.1) is 0 Å². The maximum atomic E-state index is 13.2. The molecule has 2 rings (SSSR count). The minimum Gasteiger partial charge on any atom is -0.478 e. The van der Waals surface area contributed by atoms with Gasteiger partial charge in [-0.15, -0.1) is 0 Å². The first-order valence-electron chi connectivity index (χ1n) is 6.41. The van der Waals surface area contributed by atoms with Gasteiger partial charge in [0.05, 0.1) is 0 Å². The third kappa shape index (κ3) is 2.67. The molecule has 1 atom stereocenters. The second-order valence-corrected chi connectivity index (χ2v) is 6.59. The predicted octanol–water partition coefficient (Wildman–Crippen LogP) is 4.34. The Kier molecular flexibility index (Phi) is 3.72. The lowest BCUT2D eigenvalue weighted by molar-refractivity contribution is -0.204. The Hall–Kier alpha value is -1.69. The number of carbonyl (C=O) groups is 1. The molecule has 1 heterocycles. The molecular formula is C15H14ClF3O3. The van der Waals surface area contributed by atoms with Crippen molar-refractivity contribution in [3.8, 4) is 5.75 Å². The van der Waals surface area contributed by atoms with E-state index in [9.17, 15) is 18.0 Å². The highest BCUT2D eigenvalue weighted by Crippen LogP contribution is 2.48. The Bertz CT molecular complexity index is 659. The number of alkyl halides is 4. The van der Waals surface area contributed by atoms with Crippen molar-refractivity contribution < 1.29 is 27.8 Å². The van der Waals surface area contributed by atoms with Crippen LogP contribution in [-0.4, -0.2) is 22.3 Å². The van der Waals surface area contributed by atoms with E-state index < -0.39 is 22.8 Å². The van der Waals surface area contributed by atoms with Crippen molar-refractivity contribution in [3.05, 3.63) is 34.9 Å². The Morgan fingerprint density at radius 2 is 1.86 bits per heavy atom. The highest BCUT2D eigenvalue weighted by Gasteiger charge is 2.62. The summed E-state index contributed by atoms with van der Waals surface area (Å²) in [4.78, 5) is 11.1. The molecule has 0 aliphatic carbocycles. The van der Waals surface area contributed by atoms with Crippen LogP contribution in [0.3, 0.4) is 0 Å². The monoisotopic (exact) mass is 334 g/mol. The minimum absolute atomic E-state index is 0.0928. The maximum absolute atomic E-state index is 13.2. The molecule has 0 saturated carbocycles. The predicted molar refractivity (Wildman–Crippen MR) is 76.0 cm³/mol. The number of rotatable bonds is 1. The van der Waals surface area contributed by atoms with Crippen molar-refractivity contribution >= 4 is 23.6 Å². The molecule has 1 aliphatic heterocycles. The second-order valence-electron chi connectivity index (χ2n) is 6.06. The van der Waals surface area contributed by atoms with E-state index in [1.807, 2.05) is 20.8 Å². The summed E-state index contributed by atoms with van der Waals surface area (Å²) in [6.07, 6.45) is -4.18. The fourth-order valence-corrected chi connectivity index (χ4v) is 2.29. The van der Waals surface area contributed by atoms with Crippen LogP contribution in [0.4, 0.5) is 13.2 Å². The maximum Gasteiger partial charge on any atom is 0.448 e. The molecule has 1 aromatic carbocycles. The van der Waals surface area contributed by atoms with Gasteiger partial charge in [0.15, 0.2) is 0 Å². The van der Waals surface area contributed by atoms with E-state index in [0.717, 1.165) is 11.6 Å². The first-order chi connectivity index (χ1) is 9.86. The van der Waals surface area contributed by atoms with Crippen LogP contribution in [-0.2, 0) is 10.2 Å². The number of aliphatic carboxylic acids is 1. The highest BCUT2D eigenvalue weighted by atomic mass is 35.5. The van der Waals surface area contributed by atoms with E-state index >= 15 is 0 Å². The lowest BCUT2D eigenvalue weighted by Crippen LogP contribution is -2.50. The summed E-state index contributed by atoms with van der Waals surface area (Å²) in [6, 6.07) is 4.69. The largest absolute Gasteiger partial charge is 0.478 e. The quantitative estimate of drug-likeness (QED) is 0.777. The standard InChI is InChI=1S/C15H14ClF3O3/c1-13(2,3)9-5-4-8-6-10(12(20)21)14(16,15(17,18)19)22-11(8)7-9/h4-7H,1-3H3,(H,20,21). The molecule has 0 radical (unpaired) electrons. The van der Waals surface area contributed by atoms with Gasteiger partial charge in [-0.05, 0) is 23.1 Å². The minimum atomic E-state index is -5.08. The van der Waals surface area contributed by atoms with Gasteiger partial charge in [-0.2, -0.15) is 13.2 Å². The van der Waals surface area contributed by atoms with Gasteiger partial charge >= 0.3 is 17.2 Å². The van der Waals surface area contributed by atoms with Crippen LogP contribution in [0.25, 0.3) is 6.08 Å². The average molecular weight is 335 g/mol. The third-order valence-electron chi connectivity index (χ3n) is 3.37. The Morgan fingerprint density at radius 1 is 1.27 bits per heavy atom. The molecule has 120 valence electrons. The average Bonchev–Trinajstić information content (AvgIpc) is 2.34. The van der Waals surface area contributed by atoms with E-state index in [-0.39, 0.29) is 16.7 Å². The Balaban J connectivity index is 2.64. The van der Waals surface area contributed by atoms with Crippen molar-refractivity contribution in [1.29, 1.82) is 0 Å². The van der Waals surface area contributed by atoms with Gasteiger partial charge in [0, 0.05) is 5.56 Å². The zero-order valence-electron chi connectivity index (χ0n) is 12.1. The molecule has 1 aliphatic rings. The van der Waals surface area contributed by atoms with Crippen molar-refractivity contribution in [1.82, 2.24) is 0 Å². The number of hydrogen-bond acceptors (Lipinski definition) is 2. The smallest absolute Gasteiger partial charge is 0.448 e. The Labute approximate surface area is 130 Å². The first kappa shape index (κ1) is 16.7. The molecule has 3 nitrogen and oxygen atoms in total. The topological polar surface area (TPSA) is 46.5 Å². The van der Waals surface area contributed by atoms with Crippen LogP contribution < -0.4 is 4.74 Å². The number of ether oxygens (including phenoxy) is 1. The van der Waals surface area contributed by atoms with Crippen LogP contribution >= 0.6 is 11.6 Å². The normalized spacial score (nSPS) is 21.7. The van der Waals surface area contributed by atoms with Crippen molar-refractivity contribution in [3.63, 3.8) is 0 Å². The summed E-state index contributed by atoms with van der Waals surface area (Å²) in [5.74, 6) is -1.87. The van der Waals surface area contributed by atoms with E-state index in [1.165, 1.54) is 12.1 Å². The van der Waals surface area contributed by atoms with Gasteiger partial charge in [-0.3, -0.25) is 0 Å². The summed E-state index contributed by atoms with van der Waals surface area (Å²) < 4.78 is 44.5. The molecule has 0 fully saturated rings. The molecule has 0 saturated heterocycles. The number of hydrogen-bond donors (Lipinski definition) is 1. The SMILES string of the molecule is CC(C)(C)c1ccc2c(c1)OC(Cl)(C(F)(F)F)C(C(=O)O)=C2. The Morgan fingerprint density at radius 3 is 2.32 bits per heavy atom. The van der Waals surface area contributed by atoms with Gasteiger partial charge in [-0.25, -0.2) is 4.79 Å². The molecule has 22 heavy (non-hydrogen) atoms. The fraction of sp³-hybridized carbons (Fsp3) is 0.400. The van der Waals surface area contributed by atoms with Crippen LogP contribution in [0.1, 0.15) is 31.9 Å². The van der Waals surface area contributed by atoms with Gasteiger partial charge in [0.2, 0.25) is 0 Å². The molecule has 0 bridgehead atoms. The van der Waals surface area contributed by atoms with Crippen molar-refractivity contribution in [2.45, 2.75) is 37.4 Å². The zero-order valence-corrected chi connectivity index (χ0v) is 12.8. The summed E-state index contributed by atoms with van der Waals surface area (Å²) in [6.45, 7) is 5.69. The lowest BCUT2D eigenvalue weighted by atomic mass is 9.86. The summed E-state index contributed by atoms with van der Waals surface area (Å²) in [5, 5.41) is 5.61. The molecule has 7 heteroatoms. The number of carboxylic acids is 1. The lowest BCUT2D eigenvalue weighted by Gasteiger charge is -2.34. The van der Waals surface area contributed by atoms with Crippen LogP contribution in [0.2, 0.25) is 0 Å². The molecule has 0 amide bonds. The summed E-state index contributed by atoms with van der Waals surface area (Å²) in [5.41, 5.74) is -0.370. The molecule has 1 N–H and O–H groups in total. The molecular weight excluding hydrogens is 321 g/mol.